The smallest absolute Gasteiger partial charge is 0.256 e. The topological polar surface area (TPSA) is 63.1 Å². The van der Waals surface area contributed by atoms with E-state index >= 15 is 0 Å². The lowest BCUT2D eigenvalue weighted by Crippen LogP contribution is -2.23. The SMILES string of the molecule is CN(C)CCNc1nc(-c2ccccc2Cl)c2ccc(=O)n(-c3ccccc3Cl)c2n1. The molecule has 0 aliphatic rings. The van der Waals surface area contributed by atoms with Crippen molar-refractivity contribution in [2.24, 2.45) is 0 Å². The number of halogens is 2. The third-order valence-electron chi connectivity index (χ3n) is 4.81. The second-order valence-corrected chi connectivity index (χ2v) is 8.12. The molecule has 0 bridgehead atoms. The van der Waals surface area contributed by atoms with Gasteiger partial charge in [-0.15, -0.1) is 0 Å². The predicted molar refractivity (Wildman–Crippen MR) is 128 cm³/mol. The van der Waals surface area contributed by atoms with Crippen LogP contribution >= 0.6 is 23.2 Å². The Kier molecular flexibility index (Phi) is 6.23. The first-order valence-corrected chi connectivity index (χ1v) is 10.5. The molecule has 1 N–H and O–H groups in total. The fourth-order valence-electron chi connectivity index (χ4n) is 3.31. The number of rotatable bonds is 6. The number of aromatic nitrogens is 3. The summed E-state index contributed by atoms with van der Waals surface area (Å²) in [4.78, 5) is 24.4. The molecule has 4 aromatic rings. The van der Waals surface area contributed by atoms with E-state index in [1.165, 1.54) is 10.6 Å². The number of hydrogen-bond acceptors (Lipinski definition) is 5. The Morgan fingerprint density at radius 3 is 2.35 bits per heavy atom. The van der Waals surface area contributed by atoms with Gasteiger partial charge in [-0.05, 0) is 38.4 Å². The zero-order chi connectivity index (χ0) is 22.0. The molecule has 0 aliphatic heterocycles. The number of hydrogen-bond donors (Lipinski definition) is 1. The summed E-state index contributed by atoms with van der Waals surface area (Å²) in [5.74, 6) is 0.413. The van der Waals surface area contributed by atoms with E-state index in [0.717, 1.165) is 12.1 Å². The Balaban J connectivity index is 2.01. The van der Waals surface area contributed by atoms with E-state index in [1.807, 2.05) is 50.5 Å². The summed E-state index contributed by atoms with van der Waals surface area (Å²) in [6.45, 7) is 1.44. The average Bonchev–Trinajstić information content (AvgIpc) is 2.74. The lowest BCUT2D eigenvalue weighted by molar-refractivity contribution is 0.425. The molecule has 0 saturated carbocycles. The molecule has 8 heteroatoms. The van der Waals surface area contributed by atoms with E-state index in [-0.39, 0.29) is 5.56 Å². The van der Waals surface area contributed by atoms with Crippen molar-refractivity contribution in [3.63, 3.8) is 0 Å². The van der Waals surface area contributed by atoms with Crippen LogP contribution in [0.2, 0.25) is 10.0 Å². The molecule has 31 heavy (non-hydrogen) atoms. The van der Waals surface area contributed by atoms with Gasteiger partial charge in [0.05, 0.1) is 16.4 Å². The van der Waals surface area contributed by atoms with Crippen molar-refractivity contribution >= 4 is 40.2 Å². The van der Waals surface area contributed by atoms with E-state index in [2.05, 4.69) is 15.2 Å². The quantitative estimate of drug-likeness (QED) is 0.457. The van der Waals surface area contributed by atoms with Gasteiger partial charge in [0.15, 0.2) is 5.65 Å². The van der Waals surface area contributed by atoms with Crippen molar-refractivity contribution in [1.29, 1.82) is 0 Å². The molecule has 6 nitrogen and oxygen atoms in total. The van der Waals surface area contributed by atoms with Crippen molar-refractivity contribution in [3.8, 4) is 16.9 Å². The van der Waals surface area contributed by atoms with E-state index in [0.29, 0.717) is 45.0 Å². The molecule has 0 fully saturated rings. The molecule has 2 heterocycles. The van der Waals surface area contributed by atoms with Gasteiger partial charge in [-0.3, -0.25) is 9.36 Å². The second-order valence-electron chi connectivity index (χ2n) is 7.30. The van der Waals surface area contributed by atoms with Crippen LogP contribution in [0.1, 0.15) is 0 Å². The van der Waals surface area contributed by atoms with Gasteiger partial charge in [0.1, 0.15) is 0 Å². The molecule has 0 saturated heterocycles. The molecule has 158 valence electrons. The number of likely N-dealkylation sites (N-methyl/N-ethyl adjacent to an activating group) is 1. The van der Waals surface area contributed by atoms with E-state index < -0.39 is 0 Å². The zero-order valence-electron chi connectivity index (χ0n) is 17.1. The van der Waals surface area contributed by atoms with E-state index in [4.69, 9.17) is 28.2 Å². The maximum atomic E-state index is 12.9. The first-order chi connectivity index (χ1) is 15.0. The van der Waals surface area contributed by atoms with Crippen LogP contribution in [0, 0.1) is 0 Å². The van der Waals surface area contributed by atoms with Crippen molar-refractivity contribution < 1.29 is 0 Å². The Bertz CT molecular complexity index is 1300. The maximum Gasteiger partial charge on any atom is 0.256 e. The molecule has 0 radical (unpaired) electrons. The minimum atomic E-state index is -0.233. The van der Waals surface area contributed by atoms with Gasteiger partial charge in [0.25, 0.3) is 5.56 Å². The highest BCUT2D eigenvalue weighted by Crippen LogP contribution is 2.33. The van der Waals surface area contributed by atoms with Gasteiger partial charge < -0.3 is 10.2 Å². The number of anilines is 1. The van der Waals surface area contributed by atoms with Crippen molar-refractivity contribution in [1.82, 2.24) is 19.4 Å². The van der Waals surface area contributed by atoms with Crippen LogP contribution in [-0.2, 0) is 0 Å². The Morgan fingerprint density at radius 2 is 1.65 bits per heavy atom. The number of nitrogens with one attached hydrogen (secondary N) is 1. The van der Waals surface area contributed by atoms with Crippen LogP contribution in [0.25, 0.3) is 28.0 Å². The molecule has 0 unspecified atom stereocenters. The highest BCUT2D eigenvalue weighted by Gasteiger charge is 2.17. The Hall–Kier alpha value is -2.93. The summed E-state index contributed by atoms with van der Waals surface area (Å²) in [5, 5.41) is 4.98. The molecule has 0 amide bonds. The fourth-order valence-corrected chi connectivity index (χ4v) is 3.76. The summed E-state index contributed by atoms with van der Waals surface area (Å²) in [5.41, 5.74) is 2.18. The number of fused-ring (bicyclic) bond motifs is 1. The number of pyridine rings is 1. The van der Waals surface area contributed by atoms with Crippen LogP contribution in [0.4, 0.5) is 5.95 Å². The molecule has 2 aromatic heterocycles. The van der Waals surface area contributed by atoms with Crippen molar-refractivity contribution in [2.45, 2.75) is 0 Å². The van der Waals surface area contributed by atoms with Crippen LogP contribution in [0.5, 0.6) is 0 Å². The first-order valence-electron chi connectivity index (χ1n) is 9.78. The van der Waals surface area contributed by atoms with Gasteiger partial charge in [0.2, 0.25) is 5.95 Å². The molecular formula is C23H21Cl2N5O. The van der Waals surface area contributed by atoms with Crippen molar-refractivity contribution in [2.75, 3.05) is 32.5 Å². The van der Waals surface area contributed by atoms with Crippen LogP contribution in [-0.4, -0.2) is 46.6 Å². The molecule has 2 aromatic carbocycles. The van der Waals surface area contributed by atoms with Gasteiger partial charge in [-0.25, -0.2) is 4.98 Å². The normalized spacial score (nSPS) is 11.3. The molecule has 4 rings (SSSR count). The van der Waals surface area contributed by atoms with Crippen molar-refractivity contribution in [3.05, 3.63) is 81.1 Å². The number of para-hydroxylation sites is 1. The monoisotopic (exact) mass is 453 g/mol. The Labute approximate surface area is 190 Å². The highest BCUT2D eigenvalue weighted by atomic mass is 35.5. The summed E-state index contributed by atoms with van der Waals surface area (Å²) >= 11 is 12.9. The number of benzene rings is 2. The fraction of sp³-hybridized carbons (Fsp3) is 0.174. The van der Waals surface area contributed by atoms with Gasteiger partial charge in [-0.2, -0.15) is 4.98 Å². The first kappa shape index (κ1) is 21.3. The molecule has 0 spiro atoms. The number of nitrogens with zero attached hydrogens (tertiary/aromatic N) is 4. The van der Waals surface area contributed by atoms with E-state index in [1.54, 1.807) is 18.2 Å². The van der Waals surface area contributed by atoms with Gasteiger partial charge >= 0.3 is 0 Å². The average molecular weight is 454 g/mol. The lowest BCUT2D eigenvalue weighted by atomic mass is 10.1. The predicted octanol–water partition coefficient (Wildman–Crippen LogP) is 4.73. The lowest BCUT2D eigenvalue weighted by Gasteiger charge is -2.16. The van der Waals surface area contributed by atoms with Gasteiger partial charge in [-0.1, -0.05) is 53.5 Å². The minimum absolute atomic E-state index is 0.233. The molecule has 0 atom stereocenters. The zero-order valence-corrected chi connectivity index (χ0v) is 18.7. The molecular weight excluding hydrogens is 433 g/mol. The summed E-state index contributed by atoms with van der Waals surface area (Å²) in [6.07, 6.45) is 0. The molecule has 0 aliphatic carbocycles. The largest absolute Gasteiger partial charge is 0.353 e. The Morgan fingerprint density at radius 1 is 0.935 bits per heavy atom. The maximum absolute atomic E-state index is 12.9. The summed E-state index contributed by atoms with van der Waals surface area (Å²) < 4.78 is 1.51. The van der Waals surface area contributed by atoms with E-state index in [9.17, 15) is 4.79 Å². The highest BCUT2D eigenvalue weighted by molar-refractivity contribution is 6.33. The second kappa shape index (κ2) is 9.06. The summed E-state index contributed by atoms with van der Waals surface area (Å²) in [7, 11) is 3.99. The van der Waals surface area contributed by atoms with Crippen LogP contribution < -0.4 is 10.9 Å². The van der Waals surface area contributed by atoms with Gasteiger partial charge in [0, 0.05) is 35.1 Å². The third-order valence-corrected chi connectivity index (χ3v) is 5.46. The van der Waals surface area contributed by atoms with Crippen LogP contribution in [0.3, 0.4) is 0 Å². The summed E-state index contributed by atoms with van der Waals surface area (Å²) in [6, 6.07) is 17.9. The minimum Gasteiger partial charge on any atom is -0.353 e. The standard InChI is InChI=1S/C23H21Cl2N5O/c1-29(2)14-13-26-23-27-21(15-7-3-4-8-17(15)24)16-11-12-20(31)30(22(16)28-23)19-10-6-5-9-18(19)25/h3-12H,13-14H2,1-2H3,(H,26,27,28). The third kappa shape index (κ3) is 4.42. The van der Waals surface area contributed by atoms with Crippen LogP contribution in [0.15, 0.2) is 65.5 Å².